The highest BCUT2D eigenvalue weighted by molar-refractivity contribution is 7.89. The number of nitrogens with two attached hydrogens (primary N) is 1. The molecule has 0 spiro atoms. The van der Waals surface area contributed by atoms with Gasteiger partial charge in [0.15, 0.2) is 0 Å². The van der Waals surface area contributed by atoms with Gasteiger partial charge in [0.1, 0.15) is 21.5 Å². The molecule has 2 aromatic rings. The minimum absolute atomic E-state index is 0.0789. The van der Waals surface area contributed by atoms with Crippen molar-refractivity contribution in [3.05, 3.63) is 45.4 Å². The number of sulfonamides is 1. The highest BCUT2D eigenvalue weighted by atomic mass is 32.2. The van der Waals surface area contributed by atoms with Crippen LogP contribution in [0.15, 0.2) is 22.4 Å². The lowest BCUT2D eigenvalue weighted by Crippen LogP contribution is -2.15. The van der Waals surface area contributed by atoms with Crippen molar-refractivity contribution in [1.29, 1.82) is 0 Å². The van der Waals surface area contributed by atoms with E-state index in [9.17, 15) is 17.2 Å². The molecule has 0 radical (unpaired) electrons. The molecule has 122 valence electrons. The number of rotatable bonds is 3. The van der Waals surface area contributed by atoms with Crippen LogP contribution in [0.2, 0.25) is 0 Å². The third-order valence-corrected chi connectivity index (χ3v) is 5.69. The molecule has 0 saturated carbocycles. The smallest absolute Gasteiger partial charge is 0.241 e. The summed E-state index contributed by atoms with van der Waals surface area (Å²) in [5.74, 6) is -1.84. The van der Waals surface area contributed by atoms with Crippen molar-refractivity contribution in [2.75, 3.05) is 0 Å². The molecule has 0 fully saturated rings. The molecule has 23 heavy (non-hydrogen) atoms. The van der Waals surface area contributed by atoms with Gasteiger partial charge in [-0.15, -0.1) is 11.3 Å². The van der Waals surface area contributed by atoms with E-state index in [0.717, 1.165) is 35.2 Å². The van der Waals surface area contributed by atoms with Gasteiger partial charge in [0.05, 0.1) is 0 Å². The zero-order valence-corrected chi connectivity index (χ0v) is 13.9. The zero-order valence-electron chi connectivity index (χ0n) is 12.3. The molecular weight excluding hydrogens is 342 g/mol. The lowest BCUT2D eigenvalue weighted by molar-refractivity contribution is 0.552. The average molecular weight is 356 g/mol. The second-order valence-corrected chi connectivity index (χ2v) is 7.80. The van der Waals surface area contributed by atoms with Crippen LogP contribution in [0, 0.1) is 18.6 Å². The molecule has 1 aromatic heterocycles. The van der Waals surface area contributed by atoms with E-state index in [4.69, 9.17) is 5.14 Å². The Morgan fingerprint density at radius 1 is 1.17 bits per heavy atom. The van der Waals surface area contributed by atoms with Crippen molar-refractivity contribution in [1.82, 2.24) is 4.98 Å². The van der Waals surface area contributed by atoms with Crippen LogP contribution in [-0.2, 0) is 10.0 Å². The first kappa shape index (κ1) is 16.2. The van der Waals surface area contributed by atoms with E-state index in [2.05, 4.69) is 4.98 Å². The molecule has 0 atom stereocenters. The third-order valence-electron chi connectivity index (χ3n) is 3.75. The molecule has 1 aliphatic carbocycles. The lowest BCUT2D eigenvalue weighted by atomic mass is 10.0. The van der Waals surface area contributed by atoms with E-state index in [1.165, 1.54) is 11.3 Å². The predicted octanol–water partition coefficient (Wildman–Crippen LogP) is 3.47. The summed E-state index contributed by atoms with van der Waals surface area (Å²) in [5, 5.41) is 7.60. The van der Waals surface area contributed by atoms with E-state index < -0.39 is 26.6 Å². The van der Waals surface area contributed by atoms with Crippen LogP contribution >= 0.6 is 11.3 Å². The highest BCUT2D eigenvalue weighted by Gasteiger charge is 2.25. The number of primary sulfonamides is 1. The summed E-state index contributed by atoms with van der Waals surface area (Å²) in [5.41, 5.74) is 2.52. The number of hydrogen-bond donors (Lipinski definition) is 1. The second kappa shape index (κ2) is 5.77. The van der Waals surface area contributed by atoms with E-state index in [0.29, 0.717) is 18.1 Å². The van der Waals surface area contributed by atoms with Crippen molar-refractivity contribution in [2.24, 2.45) is 5.14 Å². The summed E-state index contributed by atoms with van der Waals surface area (Å²) in [4.78, 5) is 3.58. The lowest BCUT2D eigenvalue weighted by Gasteiger charge is -2.10. The molecular formula is C15H14F2N2O2S2. The van der Waals surface area contributed by atoms with E-state index in [1.54, 1.807) is 0 Å². The minimum atomic E-state index is -4.30. The van der Waals surface area contributed by atoms with Crippen molar-refractivity contribution in [3.63, 3.8) is 0 Å². The molecule has 0 saturated heterocycles. The number of aryl methyl sites for hydroxylation is 1. The zero-order chi connectivity index (χ0) is 16.8. The van der Waals surface area contributed by atoms with E-state index in [1.807, 2.05) is 12.3 Å². The number of hydrogen-bond acceptors (Lipinski definition) is 4. The normalized spacial score (nSPS) is 15.5. The van der Waals surface area contributed by atoms with Crippen molar-refractivity contribution >= 4 is 32.5 Å². The molecule has 0 aliphatic heterocycles. The maximum Gasteiger partial charge on any atom is 0.241 e. The van der Waals surface area contributed by atoms with Crippen LogP contribution in [0.25, 0.3) is 11.1 Å². The summed E-state index contributed by atoms with van der Waals surface area (Å²) in [6.07, 6.45) is 2.15. The molecule has 3 rings (SSSR count). The Kier molecular flexibility index (Phi) is 4.07. The molecule has 2 N–H and O–H groups in total. The van der Waals surface area contributed by atoms with Gasteiger partial charge in [0.2, 0.25) is 10.0 Å². The van der Waals surface area contributed by atoms with Crippen LogP contribution in [0.5, 0.6) is 0 Å². The first-order valence-electron chi connectivity index (χ1n) is 6.94. The average Bonchev–Trinajstić information content (AvgIpc) is 3.08. The van der Waals surface area contributed by atoms with Crippen LogP contribution < -0.4 is 5.14 Å². The van der Waals surface area contributed by atoms with E-state index >= 15 is 0 Å². The van der Waals surface area contributed by atoms with Crippen molar-refractivity contribution < 1.29 is 17.2 Å². The quantitative estimate of drug-likeness (QED) is 0.915. The molecule has 1 heterocycles. The number of benzene rings is 1. The topological polar surface area (TPSA) is 73.1 Å². The van der Waals surface area contributed by atoms with Crippen LogP contribution in [0.3, 0.4) is 0 Å². The van der Waals surface area contributed by atoms with Gasteiger partial charge in [-0.25, -0.2) is 27.3 Å². The van der Waals surface area contributed by atoms with E-state index in [-0.39, 0.29) is 5.56 Å². The predicted molar refractivity (Wildman–Crippen MR) is 85.2 cm³/mol. The molecule has 8 heteroatoms. The van der Waals surface area contributed by atoms with Crippen LogP contribution in [0.4, 0.5) is 8.78 Å². The molecule has 0 amide bonds. The molecule has 0 bridgehead atoms. The molecule has 1 aromatic carbocycles. The minimum Gasteiger partial charge on any atom is -0.242 e. The number of nitrogens with zero attached hydrogens (tertiary/aromatic N) is 1. The van der Waals surface area contributed by atoms with Crippen molar-refractivity contribution in [3.8, 4) is 0 Å². The fourth-order valence-corrected chi connectivity index (χ4v) is 4.24. The molecule has 0 unspecified atom stereocenters. The summed E-state index contributed by atoms with van der Waals surface area (Å²) >= 11 is 1.46. The Morgan fingerprint density at radius 3 is 2.48 bits per heavy atom. The Morgan fingerprint density at radius 2 is 1.87 bits per heavy atom. The largest absolute Gasteiger partial charge is 0.242 e. The van der Waals surface area contributed by atoms with Crippen molar-refractivity contribution in [2.45, 2.75) is 31.1 Å². The maximum atomic E-state index is 14.4. The second-order valence-electron chi connectivity index (χ2n) is 5.41. The fourth-order valence-electron chi connectivity index (χ4n) is 2.75. The number of halogens is 2. The van der Waals surface area contributed by atoms with Gasteiger partial charge in [0.25, 0.3) is 0 Å². The summed E-state index contributed by atoms with van der Waals surface area (Å²) in [6.45, 7) is 1.87. The number of allylic oxidation sites excluding steroid dienone is 2. The van der Waals surface area contributed by atoms with Gasteiger partial charge in [-0.05, 0) is 49.5 Å². The number of aromatic nitrogens is 1. The van der Waals surface area contributed by atoms with Gasteiger partial charge >= 0.3 is 0 Å². The van der Waals surface area contributed by atoms with Gasteiger partial charge in [0, 0.05) is 16.6 Å². The Hall–Kier alpha value is -1.64. The first-order chi connectivity index (χ1) is 10.8. The van der Waals surface area contributed by atoms with Crippen LogP contribution in [0.1, 0.15) is 35.5 Å². The third kappa shape index (κ3) is 3.06. The Bertz CT molecular complexity index is 918. The monoisotopic (exact) mass is 356 g/mol. The standard InChI is InChI=1S/C15H14F2N2O2S2/c1-8-7-22-15(19-8)10-4-2-3-9(10)11-5-13(17)14(6-12(11)16)23(18,20)21/h5-7H,2-4H2,1H3,(H2,18,20,21). The Labute approximate surface area is 136 Å². The van der Waals surface area contributed by atoms with Gasteiger partial charge in [-0.2, -0.15) is 0 Å². The fraction of sp³-hybridized carbons (Fsp3) is 0.267. The summed E-state index contributed by atoms with van der Waals surface area (Å²) < 4.78 is 51.0. The van der Waals surface area contributed by atoms with Gasteiger partial charge in [-0.1, -0.05) is 0 Å². The van der Waals surface area contributed by atoms with Gasteiger partial charge in [-0.3, -0.25) is 0 Å². The maximum absolute atomic E-state index is 14.4. The highest BCUT2D eigenvalue weighted by Crippen LogP contribution is 2.42. The summed E-state index contributed by atoms with van der Waals surface area (Å²) in [7, 11) is -4.30. The first-order valence-corrected chi connectivity index (χ1v) is 9.36. The molecule has 4 nitrogen and oxygen atoms in total. The Balaban J connectivity index is 2.16. The summed E-state index contributed by atoms with van der Waals surface area (Å²) in [6, 6.07) is 1.56. The SMILES string of the molecule is Cc1csc(C2=C(c3cc(F)c(S(N)(=O)=O)cc3F)CCC2)n1. The van der Waals surface area contributed by atoms with Gasteiger partial charge < -0.3 is 0 Å². The number of thiazole rings is 1. The van der Waals surface area contributed by atoms with Crippen LogP contribution in [-0.4, -0.2) is 13.4 Å². The molecule has 1 aliphatic rings.